The molecule has 0 saturated carbocycles. The van der Waals surface area contributed by atoms with E-state index in [1.807, 2.05) is 91.0 Å². The van der Waals surface area contributed by atoms with E-state index in [4.69, 9.17) is 23.2 Å². The zero-order valence-corrected chi connectivity index (χ0v) is 22.2. The first-order chi connectivity index (χ1) is 17.5. The highest BCUT2D eigenvalue weighted by Crippen LogP contribution is 2.39. The zero-order chi connectivity index (χ0) is 24.9. The lowest BCUT2D eigenvalue weighted by molar-refractivity contribution is 0.103. The molecular formula is C31H20Cl2OS2. The van der Waals surface area contributed by atoms with E-state index in [1.165, 1.54) is 0 Å². The van der Waals surface area contributed by atoms with Gasteiger partial charge in [0.1, 0.15) is 0 Å². The van der Waals surface area contributed by atoms with Crippen molar-refractivity contribution in [3.8, 4) is 11.1 Å². The molecule has 0 spiro atoms. The Morgan fingerprint density at radius 2 is 1.17 bits per heavy atom. The number of hydrogen-bond donors (Lipinski definition) is 0. The van der Waals surface area contributed by atoms with Crippen LogP contribution in [0.3, 0.4) is 0 Å². The normalized spacial score (nSPS) is 10.8. The van der Waals surface area contributed by atoms with Crippen LogP contribution in [-0.4, -0.2) is 5.78 Å². The third-order valence-electron chi connectivity index (χ3n) is 5.52. The fourth-order valence-electron chi connectivity index (χ4n) is 3.74. The van der Waals surface area contributed by atoms with E-state index in [0.717, 1.165) is 35.7 Å². The highest BCUT2D eigenvalue weighted by molar-refractivity contribution is 7.99. The number of rotatable bonds is 7. The minimum atomic E-state index is 0.0278. The van der Waals surface area contributed by atoms with Crippen molar-refractivity contribution >= 4 is 52.5 Å². The van der Waals surface area contributed by atoms with Gasteiger partial charge in [-0.05, 0) is 77.9 Å². The van der Waals surface area contributed by atoms with Crippen LogP contribution in [0.25, 0.3) is 11.1 Å². The van der Waals surface area contributed by atoms with E-state index in [0.29, 0.717) is 16.1 Å². The summed E-state index contributed by atoms with van der Waals surface area (Å²) in [4.78, 5) is 17.2. The predicted octanol–water partition coefficient (Wildman–Crippen LogP) is 10.2. The van der Waals surface area contributed by atoms with Gasteiger partial charge in [0.2, 0.25) is 0 Å². The number of carbonyl (C=O) groups is 1. The molecule has 176 valence electrons. The van der Waals surface area contributed by atoms with Gasteiger partial charge in [-0.3, -0.25) is 4.79 Å². The lowest BCUT2D eigenvalue weighted by Crippen LogP contribution is -2.00. The molecule has 5 aromatic carbocycles. The third-order valence-corrected chi connectivity index (χ3v) is 8.08. The fraction of sp³-hybridized carbons (Fsp3) is 0. The molecule has 0 aliphatic rings. The molecule has 0 fully saturated rings. The second-order valence-corrected chi connectivity index (χ2v) is 11.2. The SMILES string of the molecule is O=C(c1ccccc1)c1cccc(Sc2ccc(-c3cc(Cl)ccc3Sc3ccc(Cl)cc3)cc2)c1. The van der Waals surface area contributed by atoms with Crippen LogP contribution in [0.2, 0.25) is 10.0 Å². The van der Waals surface area contributed by atoms with E-state index in [2.05, 4.69) is 30.3 Å². The summed E-state index contributed by atoms with van der Waals surface area (Å²) in [5, 5.41) is 1.42. The molecule has 5 rings (SSSR count). The molecule has 0 N–H and O–H groups in total. The van der Waals surface area contributed by atoms with Crippen molar-refractivity contribution in [1.29, 1.82) is 0 Å². The highest BCUT2D eigenvalue weighted by atomic mass is 35.5. The summed E-state index contributed by atoms with van der Waals surface area (Å²) in [5.74, 6) is 0.0278. The number of hydrogen-bond acceptors (Lipinski definition) is 3. The Hall–Kier alpha value is -2.95. The molecular weight excluding hydrogens is 523 g/mol. The van der Waals surface area contributed by atoms with Gasteiger partial charge in [-0.25, -0.2) is 0 Å². The van der Waals surface area contributed by atoms with Gasteiger partial charge >= 0.3 is 0 Å². The van der Waals surface area contributed by atoms with Gasteiger partial charge in [-0.15, -0.1) is 0 Å². The molecule has 0 amide bonds. The molecule has 36 heavy (non-hydrogen) atoms. The van der Waals surface area contributed by atoms with Gasteiger partial charge in [0.05, 0.1) is 0 Å². The maximum atomic E-state index is 12.8. The lowest BCUT2D eigenvalue weighted by atomic mass is 10.0. The van der Waals surface area contributed by atoms with Gasteiger partial charge < -0.3 is 0 Å². The number of benzene rings is 5. The Morgan fingerprint density at radius 1 is 0.528 bits per heavy atom. The third kappa shape index (κ3) is 6.05. The van der Waals surface area contributed by atoms with Gasteiger partial charge in [0.25, 0.3) is 0 Å². The van der Waals surface area contributed by atoms with Gasteiger partial charge in [-0.2, -0.15) is 0 Å². The van der Waals surface area contributed by atoms with Crippen LogP contribution in [0, 0.1) is 0 Å². The van der Waals surface area contributed by atoms with Crippen molar-refractivity contribution in [2.24, 2.45) is 0 Å². The Labute approximate surface area is 229 Å². The fourth-order valence-corrected chi connectivity index (χ4v) is 5.87. The van der Waals surface area contributed by atoms with Crippen LogP contribution in [0.4, 0.5) is 0 Å². The first-order valence-corrected chi connectivity index (χ1v) is 13.7. The number of ketones is 1. The van der Waals surface area contributed by atoms with Gasteiger partial charge in [0, 0.05) is 40.8 Å². The average molecular weight is 544 g/mol. The molecule has 0 atom stereocenters. The van der Waals surface area contributed by atoms with Crippen molar-refractivity contribution in [3.63, 3.8) is 0 Å². The van der Waals surface area contributed by atoms with Crippen molar-refractivity contribution in [2.75, 3.05) is 0 Å². The molecule has 5 aromatic rings. The standard InChI is InChI=1S/C31H20Cl2OS2/c32-24-11-16-27(17-12-24)36-30-18-13-25(33)20-29(30)21-9-14-26(15-10-21)35-28-8-4-7-23(19-28)31(34)22-5-2-1-3-6-22/h1-20H. The van der Waals surface area contributed by atoms with Crippen molar-refractivity contribution in [2.45, 2.75) is 19.6 Å². The van der Waals surface area contributed by atoms with E-state index in [1.54, 1.807) is 23.5 Å². The van der Waals surface area contributed by atoms with Gasteiger partial charge in [-0.1, -0.05) is 101 Å². The Morgan fingerprint density at radius 3 is 1.92 bits per heavy atom. The van der Waals surface area contributed by atoms with Crippen LogP contribution in [0.1, 0.15) is 15.9 Å². The summed E-state index contributed by atoms with van der Waals surface area (Å²) in [6.07, 6.45) is 0. The second kappa shape index (κ2) is 11.4. The van der Waals surface area contributed by atoms with E-state index in [-0.39, 0.29) is 5.78 Å². The number of carbonyl (C=O) groups excluding carboxylic acids is 1. The van der Waals surface area contributed by atoms with E-state index < -0.39 is 0 Å². The van der Waals surface area contributed by atoms with Crippen LogP contribution < -0.4 is 0 Å². The molecule has 0 aliphatic heterocycles. The minimum absolute atomic E-state index is 0.0278. The maximum absolute atomic E-state index is 12.8. The van der Waals surface area contributed by atoms with Crippen LogP contribution in [0.15, 0.2) is 141 Å². The van der Waals surface area contributed by atoms with Crippen molar-refractivity contribution in [3.05, 3.63) is 142 Å². The summed E-state index contributed by atoms with van der Waals surface area (Å²) in [6.45, 7) is 0. The average Bonchev–Trinajstić information content (AvgIpc) is 2.92. The van der Waals surface area contributed by atoms with Crippen LogP contribution in [0.5, 0.6) is 0 Å². The summed E-state index contributed by atoms with van der Waals surface area (Å²) in [5.41, 5.74) is 3.55. The molecule has 0 aliphatic carbocycles. The summed E-state index contributed by atoms with van der Waals surface area (Å²) >= 11 is 15.7. The maximum Gasteiger partial charge on any atom is 0.193 e. The first-order valence-electron chi connectivity index (χ1n) is 11.3. The first kappa shape index (κ1) is 24.7. The highest BCUT2D eigenvalue weighted by Gasteiger charge is 2.11. The number of halogens is 2. The lowest BCUT2D eigenvalue weighted by Gasteiger charge is -2.11. The Balaban J connectivity index is 1.36. The van der Waals surface area contributed by atoms with Gasteiger partial charge in [0.15, 0.2) is 5.78 Å². The summed E-state index contributed by atoms with van der Waals surface area (Å²) in [6, 6.07) is 39.3. The molecule has 0 saturated heterocycles. The van der Waals surface area contributed by atoms with E-state index in [9.17, 15) is 4.79 Å². The van der Waals surface area contributed by atoms with E-state index >= 15 is 0 Å². The van der Waals surface area contributed by atoms with Crippen LogP contribution >= 0.6 is 46.7 Å². The minimum Gasteiger partial charge on any atom is -0.289 e. The molecule has 0 heterocycles. The summed E-state index contributed by atoms with van der Waals surface area (Å²) < 4.78 is 0. The van der Waals surface area contributed by atoms with Crippen LogP contribution in [-0.2, 0) is 0 Å². The zero-order valence-electron chi connectivity index (χ0n) is 19.0. The van der Waals surface area contributed by atoms with Crippen molar-refractivity contribution in [1.82, 2.24) is 0 Å². The molecule has 1 nitrogen and oxygen atoms in total. The smallest absolute Gasteiger partial charge is 0.193 e. The molecule has 0 aromatic heterocycles. The Kier molecular flexibility index (Phi) is 7.84. The molecule has 5 heteroatoms. The summed E-state index contributed by atoms with van der Waals surface area (Å²) in [7, 11) is 0. The Bertz CT molecular complexity index is 1500. The monoisotopic (exact) mass is 542 g/mol. The largest absolute Gasteiger partial charge is 0.289 e. The van der Waals surface area contributed by atoms with Crippen molar-refractivity contribution < 1.29 is 4.79 Å². The molecule has 0 unspecified atom stereocenters. The second-order valence-electron chi connectivity index (χ2n) is 8.05. The topological polar surface area (TPSA) is 17.1 Å². The molecule has 0 bridgehead atoms. The molecule has 0 radical (unpaired) electrons. The quantitative estimate of drug-likeness (QED) is 0.190. The predicted molar refractivity (Wildman–Crippen MR) is 153 cm³/mol.